The van der Waals surface area contributed by atoms with E-state index >= 15 is 0 Å². The number of thiazole rings is 1. The zero-order valence-electron chi connectivity index (χ0n) is 13.6. The molecular formula is C18H14N4O3S. The van der Waals surface area contributed by atoms with E-state index in [0.717, 1.165) is 0 Å². The fraction of sp³-hybridized carbons (Fsp3) is 0.111. The lowest BCUT2D eigenvalue weighted by molar-refractivity contribution is -0.116. The zero-order chi connectivity index (χ0) is 17.9. The number of anilines is 1. The zero-order valence-corrected chi connectivity index (χ0v) is 14.4. The summed E-state index contributed by atoms with van der Waals surface area (Å²) in [5.41, 5.74) is 1.16. The summed E-state index contributed by atoms with van der Waals surface area (Å²) in [5.74, 6) is 0.431. The molecule has 0 aliphatic rings. The minimum Gasteiger partial charge on any atom is -0.463 e. The van der Waals surface area contributed by atoms with Gasteiger partial charge in [-0.25, -0.2) is 9.97 Å². The van der Waals surface area contributed by atoms with Crippen molar-refractivity contribution in [1.82, 2.24) is 14.5 Å². The first-order chi connectivity index (χ1) is 12.7. The SMILES string of the molecule is O=C(CCn1cnc2ccccc2c1=O)Nc1nc(-c2ccco2)cs1. The predicted molar refractivity (Wildman–Crippen MR) is 99.1 cm³/mol. The van der Waals surface area contributed by atoms with Crippen LogP contribution in [0.3, 0.4) is 0 Å². The van der Waals surface area contributed by atoms with Gasteiger partial charge in [-0.3, -0.25) is 14.2 Å². The number of hydrogen-bond donors (Lipinski definition) is 1. The third-order valence-electron chi connectivity index (χ3n) is 3.84. The van der Waals surface area contributed by atoms with Gasteiger partial charge in [0.1, 0.15) is 5.69 Å². The van der Waals surface area contributed by atoms with E-state index in [1.165, 1.54) is 22.2 Å². The van der Waals surface area contributed by atoms with Crippen molar-refractivity contribution in [3.8, 4) is 11.5 Å². The lowest BCUT2D eigenvalue weighted by Gasteiger charge is -2.06. The van der Waals surface area contributed by atoms with Crippen LogP contribution in [-0.2, 0) is 11.3 Å². The third-order valence-corrected chi connectivity index (χ3v) is 4.59. The van der Waals surface area contributed by atoms with E-state index in [4.69, 9.17) is 4.42 Å². The second-order valence-corrected chi connectivity index (χ2v) is 6.43. The van der Waals surface area contributed by atoms with Crippen molar-refractivity contribution < 1.29 is 9.21 Å². The monoisotopic (exact) mass is 366 g/mol. The van der Waals surface area contributed by atoms with Gasteiger partial charge in [-0.15, -0.1) is 11.3 Å². The van der Waals surface area contributed by atoms with Crippen LogP contribution in [-0.4, -0.2) is 20.4 Å². The Balaban J connectivity index is 1.41. The Morgan fingerprint density at radius 3 is 2.96 bits per heavy atom. The Morgan fingerprint density at radius 2 is 2.12 bits per heavy atom. The molecule has 1 N–H and O–H groups in total. The van der Waals surface area contributed by atoms with Crippen molar-refractivity contribution in [2.75, 3.05) is 5.32 Å². The molecule has 0 fully saturated rings. The van der Waals surface area contributed by atoms with E-state index in [-0.39, 0.29) is 24.4 Å². The maximum atomic E-state index is 12.4. The Bertz CT molecular complexity index is 1110. The van der Waals surface area contributed by atoms with E-state index in [2.05, 4.69) is 15.3 Å². The molecule has 130 valence electrons. The number of amides is 1. The first-order valence-corrected chi connectivity index (χ1v) is 8.82. The number of benzene rings is 1. The molecule has 1 aromatic carbocycles. The highest BCUT2D eigenvalue weighted by atomic mass is 32.1. The van der Waals surface area contributed by atoms with Crippen LogP contribution < -0.4 is 10.9 Å². The predicted octanol–water partition coefficient (Wildman–Crippen LogP) is 3.14. The van der Waals surface area contributed by atoms with Crippen molar-refractivity contribution in [3.05, 3.63) is 64.7 Å². The molecule has 8 heteroatoms. The molecule has 0 bridgehead atoms. The fourth-order valence-corrected chi connectivity index (χ4v) is 3.25. The topological polar surface area (TPSA) is 90.0 Å². The molecule has 3 heterocycles. The standard InChI is InChI=1S/C18H14N4O3S/c23-16(21-18-20-14(10-26-18)15-6-3-9-25-15)7-8-22-11-19-13-5-2-1-4-12(13)17(22)24/h1-6,9-11H,7-8H2,(H,20,21,23). The van der Waals surface area contributed by atoms with Crippen LogP contribution in [0.25, 0.3) is 22.4 Å². The van der Waals surface area contributed by atoms with Gasteiger partial charge < -0.3 is 9.73 Å². The number of carbonyl (C=O) groups excluding carboxylic acids is 1. The van der Waals surface area contributed by atoms with E-state index < -0.39 is 0 Å². The molecule has 4 aromatic rings. The van der Waals surface area contributed by atoms with Crippen molar-refractivity contribution >= 4 is 33.3 Å². The number of aromatic nitrogens is 3. The second-order valence-electron chi connectivity index (χ2n) is 5.57. The smallest absolute Gasteiger partial charge is 0.261 e. The Hall–Kier alpha value is -3.26. The molecule has 0 aliphatic carbocycles. The average Bonchev–Trinajstić information content (AvgIpc) is 3.33. The quantitative estimate of drug-likeness (QED) is 0.586. The minimum absolute atomic E-state index is 0.148. The molecule has 0 spiro atoms. The van der Waals surface area contributed by atoms with Gasteiger partial charge in [0.25, 0.3) is 5.56 Å². The van der Waals surface area contributed by atoms with Crippen LogP contribution in [0.1, 0.15) is 6.42 Å². The molecule has 1 amide bonds. The normalized spacial score (nSPS) is 10.9. The molecule has 0 radical (unpaired) electrons. The molecule has 4 rings (SSSR count). The lowest BCUT2D eigenvalue weighted by Crippen LogP contribution is -2.23. The summed E-state index contributed by atoms with van der Waals surface area (Å²) < 4.78 is 6.72. The highest BCUT2D eigenvalue weighted by Gasteiger charge is 2.10. The molecule has 3 aromatic heterocycles. The summed E-state index contributed by atoms with van der Waals surface area (Å²) in [6.45, 7) is 0.249. The summed E-state index contributed by atoms with van der Waals surface area (Å²) >= 11 is 1.32. The highest BCUT2D eigenvalue weighted by molar-refractivity contribution is 7.14. The van der Waals surface area contributed by atoms with E-state index in [9.17, 15) is 9.59 Å². The van der Waals surface area contributed by atoms with Crippen LogP contribution >= 0.6 is 11.3 Å². The lowest BCUT2D eigenvalue weighted by atomic mass is 10.2. The summed E-state index contributed by atoms with van der Waals surface area (Å²) in [6.07, 6.45) is 3.19. The van der Waals surface area contributed by atoms with Crippen molar-refractivity contribution in [3.63, 3.8) is 0 Å². The van der Waals surface area contributed by atoms with Gasteiger partial charge in [-0.2, -0.15) is 0 Å². The van der Waals surface area contributed by atoms with E-state index in [1.54, 1.807) is 36.6 Å². The molecule has 0 unspecified atom stereocenters. The van der Waals surface area contributed by atoms with Crippen LogP contribution in [0.2, 0.25) is 0 Å². The Labute approximate surface area is 151 Å². The maximum Gasteiger partial charge on any atom is 0.261 e. The summed E-state index contributed by atoms with van der Waals surface area (Å²) in [6, 6.07) is 10.7. The first kappa shape index (κ1) is 16.2. The van der Waals surface area contributed by atoms with Gasteiger partial charge in [0, 0.05) is 18.3 Å². The van der Waals surface area contributed by atoms with Crippen LogP contribution in [0.4, 0.5) is 5.13 Å². The Kier molecular flexibility index (Phi) is 4.32. The van der Waals surface area contributed by atoms with E-state index in [0.29, 0.717) is 27.5 Å². The number of rotatable bonds is 5. The number of carbonyl (C=O) groups is 1. The highest BCUT2D eigenvalue weighted by Crippen LogP contribution is 2.25. The number of hydrogen-bond acceptors (Lipinski definition) is 6. The Morgan fingerprint density at radius 1 is 1.23 bits per heavy atom. The fourth-order valence-electron chi connectivity index (χ4n) is 2.54. The minimum atomic E-state index is -0.217. The van der Waals surface area contributed by atoms with E-state index in [1.807, 2.05) is 11.4 Å². The second kappa shape index (κ2) is 6.93. The number of aryl methyl sites for hydroxylation is 1. The number of furan rings is 1. The van der Waals surface area contributed by atoms with Gasteiger partial charge >= 0.3 is 0 Å². The van der Waals surface area contributed by atoms with Crippen molar-refractivity contribution in [2.45, 2.75) is 13.0 Å². The number of fused-ring (bicyclic) bond motifs is 1. The molecule has 0 saturated carbocycles. The maximum absolute atomic E-state index is 12.4. The van der Waals surface area contributed by atoms with Crippen molar-refractivity contribution in [1.29, 1.82) is 0 Å². The summed E-state index contributed by atoms with van der Waals surface area (Å²) in [4.78, 5) is 33.1. The first-order valence-electron chi connectivity index (χ1n) is 7.94. The van der Waals surface area contributed by atoms with Crippen LogP contribution in [0, 0.1) is 0 Å². The number of nitrogens with zero attached hydrogens (tertiary/aromatic N) is 3. The molecule has 0 atom stereocenters. The molecule has 7 nitrogen and oxygen atoms in total. The van der Waals surface area contributed by atoms with Gasteiger partial charge in [0.05, 0.1) is 23.5 Å². The third kappa shape index (κ3) is 3.27. The van der Waals surface area contributed by atoms with Gasteiger partial charge in [0.15, 0.2) is 10.9 Å². The van der Waals surface area contributed by atoms with Crippen molar-refractivity contribution in [2.24, 2.45) is 0 Å². The number of nitrogens with one attached hydrogen (secondary N) is 1. The van der Waals surface area contributed by atoms with Gasteiger partial charge in [-0.05, 0) is 24.3 Å². The largest absolute Gasteiger partial charge is 0.463 e. The molecule has 0 aliphatic heterocycles. The molecule has 0 saturated heterocycles. The van der Waals surface area contributed by atoms with Crippen LogP contribution in [0.15, 0.2) is 63.6 Å². The average molecular weight is 366 g/mol. The summed E-state index contributed by atoms with van der Waals surface area (Å²) in [7, 11) is 0. The number of para-hydroxylation sites is 1. The van der Waals surface area contributed by atoms with Gasteiger partial charge in [-0.1, -0.05) is 12.1 Å². The molecular weight excluding hydrogens is 352 g/mol. The summed E-state index contributed by atoms with van der Waals surface area (Å²) in [5, 5.41) is 5.59. The van der Waals surface area contributed by atoms with Crippen LogP contribution in [0.5, 0.6) is 0 Å². The van der Waals surface area contributed by atoms with Gasteiger partial charge in [0.2, 0.25) is 5.91 Å². The molecule has 26 heavy (non-hydrogen) atoms.